The molecule has 0 amide bonds. The van der Waals surface area contributed by atoms with Crippen molar-refractivity contribution in [3.63, 3.8) is 0 Å². The molecule has 19 heavy (non-hydrogen) atoms. The number of piperidine rings is 1. The Kier molecular flexibility index (Phi) is 4.85. The molecular weight excluding hydrogens is 284 g/mol. The van der Waals surface area contributed by atoms with Crippen molar-refractivity contribution in [1.82, 2.24) is 10.2 Å². The van der Waals surface area contributed by atoms with Crippen LogP contribution in [0.1, 0.15) is 26.2 Å². The molecule has 3 heterocycles. The third-order valence-electron chi connectivity index (χ3n) is 3.21. The summed E-state index contributed by atoms with van der Waals surface area (Å²) >= 11 is 1.63. The van der Waals surface area contributed by atoms with E-state index in [-0.39, 0.29) is 12.4 Å². The minimum Gasteiger partial charge on any atom is -0.382 e. The van der Waals surface area contributed by atoms with Crippen molar-refractivity contribution in [3.05, 3.63) is 23.6 Å². The van der Waals surface area contributed by atoms with Crippen molar-refractivity contribution < 1.29 is 9.36 Å². The standard InChI is InChI=1S/C13H16N2O2S.ClH/c1-10-5-2-3-7-15(10)17-13-9-11(16-14-13)12-6-4-8-18-12;/h4,6,8-10H,2-3,5,7H2,1H3;1H. The van der Waals surface area contributed by atoms with E-state index >= 15 is 0 Å². The molecule has 0 N–H and O–H groups in total. The molecule has 1 aliphatic rings. The van der Waals surface area contributed by atoms with Gasteiger partial charge in [-0.05, 0) is 36.4 Å². The van der Waals surface area contributed by atoms with Gasteiger partial charge in [-0.15, -0.1) is 28.8 Å². The molecule has 0 spiro atoms. The maximum atomic E-state index is 5.78. The minimum absolute atomic E-state index is 0. The van der Waals surface area contributed by atoms with Crippen LogP contribution in [-0.4, -0.2) is 22.8 Å². The minimum atomic E-state index is 0. The monoisotopic (exact) mass is 300 g/mol. The Balaban J connectivity index is 0.00000133. The number of nitrogens with zero attached hydrogens (tertiary/aromatic N) is 2. The maximum absolute atomic E-state index is 5.78. The van der Waals surface area contributed by atoms with E-state index in [1.807, 2.05) is 28.6 Å². The second-order valence-corrected chi connectivity index (χ2v) is 5.53. The topological polar surface area (TPSA) is 38.5 Å². The molecule has 0 bridgehead atoms. The number of hydrogen-bond donors (Lipinski definition) is 0. The second-order valence-electron chi connectivity index (χ2n) is 4.58. The van der Waals surface area contributed by atoms with Crippen LogP contribution in [0.4, 0.5) is 0 Å². The number of rotatable bonds is 3. The van der Waals surface area contributed by atoms with Crippen molar-refractivity contribution in [3.8, 4) is 16.5 Å². The van der Waals surface area contributed by atoms with Gasteiger partial charge < -0.3 is 9.36 Å². The molecule has 104 valence electrons. The van der Waals surface area contributed by atoms with Crippen LogP contribution in [0.15, 0.2) is 28.1 Å². The zero-order valence-corrected chi connectivity index (χ0v) is 12.4. The Morgan fingerprint density at radius 1 is 1.47 bits per heavy atom. The van der Waals surface area contributed by atoms with Gasteiger partial charge in [0.1, 0.15) is 0 Å². The fourth-order valence-corrected chi connectivity index (χ4v) is 2.84. The molecule has 2 aromatic rings. The van der Waals surface area contributed by atoms with Crippen LogP contribution >= 0.6 is 23.7 Å². The number of halogens is 1. The fraction of sp³-hybridized carbons (Fsp3) is 0.462. The van der Waals surface area contributed by atoms with Crippen molar-refractivity contribution in [2.24, 2.45) is 0 Å². The smallest absolute Gasteiger partial charge is 0.277 e. The third kappa shape index (κ3) is 3.29. The number of hydrogen-bond acceptors (Lipinski definition) is 5. The fourth-order valence-electron chi connectivity index (χ4n) is 2.16. The summed E-state index contributed by atoms with van der Waals surface area (Å²) < 4.78 is 5.29. The van der Waals surface area contributed by atoms with Gasteiger partial charge in [0.05, 0.1) is 10.9 Å². The summed E-state index contributed by atoms with van der Waals surface area (Å²) in [7, 11) is 0. The van der Waals surface area contributed by atoms with E-state index in [9.17, 15) is 0 Å². The Bertz CT molecular complexity index is 500. The molecular formula is C13H17ClN2O2S. The van der Waals surface area contributed by atoms with Crippen molar-refractivity contribution >= 4 is 23.7 Å². The second kappa shape index (κ2) is 6.41. The highest BCUT2D eigenvalue weighted by Crippen LogP contribution is 2.28. The van der Waals surface area contributed by atoms with Crippen LogP contribution in [0.2, 0.25) is 0 Å². The largest absolute Gasteiger partial charge is 0.382 e. The Morgan fingerprint density at radius 2 is 2.37 bits per heavy atom. The molecule has 0 aliphatic carbocycles. The molecule has 3 rings (SSSR count). The van der Waals surface area contributed by atoms with E-state index in [4.69, 9.17) is 9.36 Å². The van der Waals surface area contributed by atoms with Crippen molar-refractivity contribution in [2.75, 3.05) is 6.54 Å². The van der Waals surface area contributed by atoms with Gasteiger partial charge in [0.15, 0.2) is 5.76 Å². The van der Waals surface area contributed by atoms with Gasteiger partial charge in [-0.1, -0.05) is 12.5 Å². The molecule has 0 radical (unpaired) electrons. The van der Waals surface area contributed by atoms with Gasteiger partial charge >= 0.3 is 0 Å². The van der Waals surface area contributed by atoms with E-state index < -0.39 is 0 Å². The van der Waals surface area contributed by atoms with Gasteiger partial charge in [0.25, 0.3) is 5.88 Å². The van der Waals surface area contributed by atoms with E-state index in [0.717, 1.165) is 17.2 Å². The summed E-state index contributed by atoms with van der Waals surface area (Å²) in [5.74, 6) is 1.32. The zero-order valence-electron chi connectivity index (χ0n) is 10.7. The van der Waals surface area contributed by atoms with Crippen molar-refractivity contribution in [1.29, 1.82) is 0 Å². The average molecular weight is 301 g/mol. The highest BCUT2D eigenvalue weighted by atomic mass is 35.5. The first-order valence-corrected chi connectivity index (χ1v) is 7.16. The number of thiophene rings is 1. The predicted octanol–water partition coefficient (Wildman–Crippen LogP) is 3.99. The van der Waals surface area contributed by atoms with Gasteiger partial charge in [-0.25, -0.2) is 0 Å². The molecule has 1 saturated heterocycles. The summed E-state index contributed by atoms with van der Waals surface area (Å²) in [4.78, 5) is 6.85. The zero-order chi connectivity index (χ0) is 12.4. The lowest BCUT2D eigenvalue weighted by molar-refractivity contribution is -0.111. The van der Waals surface area contributed by atoms with E-state index in [1.165, 1.54) is 19.3 Å². The Labute approximate surface area is 122 Å². The first-order chi connectivity index (χ1) is 8.83. The molecule has 1 fully saturated rings. The predicted molar refractivity (Wildman–Crippen MR) is 77.7 cm³/mol. The molecule has 4 nitrogen and oxygen atoms in total. The SMILES string of the molecule is CC1CCCCN1Oc1cc(-c2cccs2)on1.Cl. The molecule has 1 aliphatic heterocycles. The molecule has 0 saturated carbocycles. The molecule has 2 aromatic heterocycles. The lowest BCUT2D eigenvalue weighted by atomic mass is 10.1. The Hall–Kier alpha value is -1.04. The van der Waals surface area contributed by atoms with Gasteiger partial charge in [0.2, 0.25) is 0 Å². The third-order valence-corrected chi connectivity index (χ3v) is 4.09. The van der Waals surface area contributed by atoms with Gasteiger partial charge in [-0.3, -0.25) is 0 Å². The van der Waals surface area contributed by atoms with Gasteiger partial charge in [-0.2, -0.15) is 0 Å². The summed E-state index contributed by atoms with van der Waals surface area (Å²) in [6.45, 7) is 3.14. The normalized spacial score (nSPS) is 19.9. The van der Waals surface area contributed by atoms with E-state index in [2.05, 4.69) is 12.1 Å². The molecule has 0 aromatic carbocycles. The van der Waals surface area contributed by atoms with Crippen LogP contribution in [0, 0.1) is 0 Å². The van der Waals surface area contributed by atoms with Crippen molar-refractivity contribution in [2.45, 2.75) is 32.2 Å². The lowest BCUT2D eigenvalue weighted by Gasteiger charge is -2.30. The summed E-state index contributed by atoms with van der Waals surface area (Å²) in [6, 6.07) is 6.31. The van der Waals surface area contributed by atoms with E-state index in [0.29, 0.717) is 11.9 Å². The first-order valence-electron chi connectivity index (χ1n) is 6.28. The van der Waals surface area contributed by atoms with Crippen LogP contribution in [-0.2, 0) is 0 Å². The van der Waals surface area contributed by atoms with E-state index in [1.54, 1.807) is 11.3 Å². The number of hydroxylamine groups is 2. The van der Waals surface area contributed by atoms with Crippen LogP contribution in [0.5, 0.6) is 5.88 Å². The van der Waals surface area contributed by atoms with Crippen LogP contribution in [0.25, 0.3) is 10.6 Å². The Morgan fingerprint density at radius 3 is 3.11 bits per heavy atom. The first kappa shape index (κ1) is 14.4. The van der Waals surface area contributed by atoms with Crippen LogP contribution < -0.4 is 4.84 Å². The summed E-state index contributed by atoms with van der Waals surface area (Å²) in [5, 5.41) is 7.99. The molecule has 6 heteroatoms. The quantitative estimate of drug-likeness (QED) is 0.859. The average Bonchev–Trinajstić information content (AvgIpc) is 3.02. The molecule has 1 unspecified atom stereocenters. The number of aromatic nitrogens is 1. The van der Waals surface area contributed by atoms with Gasteiger partial charge in [0, 0.05) is 12.6 Å². The maximum Gasteiger partial charge on any atom is 0.277 e. The molecule has 1 atom stereocenters. The highest BCUT2D eigenvalue weighted by molar-refractivity contribution is 7.13. The highest BCUT2D eigenvalue weighted by Gasteiger charge is 2.21. The lowest BCUT2D eigenvalue weighted by Crippen LogP contribution is -2.39. The summed E-state index contributed by atoms with van der Waals surface area (Å²) in [5.41, 5.74) is 0. The summed E-state index contributed by atoms with van der Waals surface area (Å²) in [6.07, 6.45) is 3.63. The van der Waals surface area contributed by atoms with Crippen LogP contribution in [0.3, 0.4) is 0 Å².